The molecule has 1 heterocycles. The number of halogens is 2. The van der Waals surface area contributed by atoms with Crippen molar-refractivity contribution in [3.8, 4) is 0 Å². The lowest BCUT2D eigenvalue weighted by Crippen LogP contribution is -2.34. The number of rotatable bonds is 4. The molecule has 3 fully saturated rings. The van der Waals surface area contributed by atoms with Crippen LogP contribution in [0.25, 0.3) is 0 Å². The SMILES string of the molecule is O=C(COC(=O)[C@@H]1[C@@H]2C[C@@H]3[C@@H]1C(=O)O[C@H]3C2)Nc1ccc(Cl)c(Cl)c1. The van der Waals surface area contributed by atoms with Crippen LogP contribution in [0.4, 0.5) is 5.69 Å². The highest BCUT2D eigenvalue weighted by Crippen LogP contribution is 2.57. The Morgan fingerprint density at radius 1 is 1.24 bits per heavy atom. The van der Waals surface area contributed by atoms with Crippen LogP contribution in [0, 0.1) is 23.7 Å². The summed E-state index contributed by atoms with van der Waals surface area (Å²) in [5.41, 5.74) is 0.456. The molecule has 1 aromatic rings. The van der Waals surface area contributed by atoms with Crippen molar-refractivity contribution in [1.29, 1.82) is 0 Å². The van der Waals surface area contributed by atoms with E-state index in [2.05, 4.69) is 5.32 Å². The van der Waals surface area contributed by atoms with E-state index >= 15 is 0 Å². The van der Waals surface area contributed by atoms with Gasteiger partial charge in [-0.25, -0.2) is 0 Å². The second-order valence-corrected chi connectivity index (χ2v) is 7.52. The molecule has 1 saturated heterocycles. The van der Waals surface area contributed by atoms with Gasteiger partial charge in [0.25, 0.3) is 5.91 Å². The number of carbonyl (C=O) groups is 3. The molecule has 6 nitrogen and oxygen atoms in total. The summed E-state index contributed by atoms with van der Waals surface area (Å²) in [6.45, 7) is -0.418. The minimum atomic E-state index is -0.501. The summed E-state index contributed by atoms with van der Waals surface area (Å²) in [6, 6.07) is 4.66. The molecule has 1 amide bonds. The Bertz CT molecular complexity index is 765. The van der Waals surface area contributed by atoms with Gasteiger partial charge in [-0.15, -0.1) is 0 Å². The lowest BCUT2D eigenvalue weighted by molar-refractivity contribution is -0.157. The average Bonchev–Trinajstić information content (AvgIpc) is 3.18. The molecule has 1 aliphatic heterocycles. The smallest absolute Gasteiger partial charge is 0.310 e. The van der Waals surface area contributed by atoms with Gasteiger partial charge in [-0.3, -0.25) is 14.4 Å². The van der Waals surface area contributed by atoms with Crippen molar-refractivity contribution in [2.75, 3.05) is 11.9 Å². The van der Waals surface area contributed by atoms with Gasteiger partial charge >= 0.3 is 11.9 Å². The van der Waals surface area contributed by atoms with Gasteiger partial charge in [0.1, 0.15) is 6.10 Å². The van der Waals surface area contributed by atoms with Crippen LogP contribution >= 0.6 is 23.2 Å². The third-order valence-corrected chi connectivity index (χ3v) is 6.04. The maximum atomic E-state index is 12.4. The Morgan fingerprint density at radius 2 is 2.04 bits per heavy atom. The molecule has 0 spiro atoms. The first-order chi connectivity index (χ1) is 11.9. The lowest BCUT2D eigenvalue weighted by Gasteiger charge is -2.22. The molecule has 8 heteroatoms. The summed E-state index contributed by atoms with van der Waals surface area (Å²) in [5, 5.41) is 3.27. The van der Waals surface area contributed by atoms with E-state index in [0.29, 0.717) is 22.2 Å². The first-order valence-corrected chi connectivity index (χ1v) is 8.81. The van der Waals surface area contributed by atoms with Crippen LogP contribution in [0.1, 0.15) is 12.8 Å². The molecular formula is C17H15Cl2NO5. The number of fused-ring (bicyclic) bond motifs is 1. The molecular weight excluding hydrogens is 369 g/mol. The summed E-state index contributed by atoms with van der Waals surface area (Å²) >= 11 is 11.7. The highest BCUT2D eigenvalue weighted by Gasteiger charge is 2.64. The van der Waals surface area contributed by atoms with Crippen LogP contribution in [0.3, 0.4) is 0 Å². The summed E-state index contributed by atoms with van der Waals surface area (Å²) in [6.07, 6.45) is 1.49. The second-order valence-electron chi connectivity index (χ2n) is 6.71. The molecule has 5 atom stereocenters. The zero-order chi connectivity index (χ0) is 17.7. The fourth-order valence-electron chi connectivity index (χ4n) is 4.33. The number of amides is 1. The van der Waals surface area contributed by atoms with Crippen LogP contribution < -0.4 is 5.32 Å². The van der Waals surface area contributed by atoms with Crippen molar-refractivity contribution >= 4 is 46.7 Å². The van der Waals surface area contributed by atoms with Crippen LogP contribution in [0.15, 0.2) is 18.2 Å². The third-order valence-electron chi connectivity index (χ3n) is 5.30. The lowest BCUT2D eigenvalue weighted by atomic mass is 9.80. The number of hydrogen-bond donors (Lipinski definition) is 1. The number of esters is 2. The molecule has 1 N–H and O–H groups in total. The van der Waals surface area contributed by atoms with Gasteiger partial charge in [0, 0.05) is 11.6 Å². The van der Waals surface area contributed by atoms with E-state index in [4.69, 9.17) is 32.7 Å². The molecule has 4 rings (SSSR count). The standard InChI is InChI=1S/C17H15Cl2NO5/c18-10-2-1-8(5-11(10)19)20-13(21)6-24-16(22)14-7-3-9-12(4-7)25-17(23)15(9)14/h1-2,5,7,9,12,14-15H,3-4,6H2,(H,20,21)/t7-,9+,12+,14-,15+/m1/s1. The molecule has 1 aromatic carbocycles. The molecule has 3 aliphatic rings. The first-order valence-electron chi connectivity index (χ1n) is 8.06. The van der Waals surface area contributed by atoms with Crippen LogP contribution in [-0.2, 0) is 23.9 Å². The third kappa shape index (κ3) is 2.87. The molecule has 0 radical (unpaired) electrons. The maximum absolute atomic E-state index is 12.4. The zero-order valence-corrected chi connectivity index (χ0v) is 14.5. The summed E-state index contributed by atoms with van der Waals surface area (Å²) < 4.78 is 10.4. The van der Waals surface area contributed by atoms with Gasteiger partial charge in [0.2, 0.25) is 0 Å². The summed E-state index contributed by atoms with van der Waals surface area (Å²) in [4.78, 5) is 36.2. The van der Waals surface area contributed by atoms with Crippen molar-refractivity contribution < 1.29 is 23.9 Å². The maximum Gasteiger partial charge on any atom is 0.310 e. The topological polar surface area (TPSA) is 81.7 Å². The van der Waals surface area contributed by atoms with Crippen LogP contribution in [0.5, 0.6) is 0 Å². The highest BCUT2D eigenvalue weighted by atomic mass is 35.5. The normalized spacial score (nSPS) is 31.8. The van der Waals surface area contributed by atoms with Crippen molar-refractivity contribution in [2.45, 2.75) is 18.9 Å². The molecule has 0 unspecified atom stereocenters. The monoisotopic (exact) mass is 383 g/mol. The number of ether oxygens (including phenoxy) is 2. The summed E-state index contributed by atoms with van der Waals surface area (Å²) in [5.74, 6) is -1.96. The Labute approximate surface area is 153 Å². The fourth-order valence-corrected chi connectivity index (χ4v) is 4.63. The Hall–Kier alpha value is -1.79. The average molecular weight is 384 g/mol. The minimum absolute atomic E-state index is 0.0375. The number of hydrogen-bond acceptors (Lipinski definition) is 5. The van der Waals surface area contributed by atoms with Crippen LogP contribution in [0.2, 0.25) is 10.0 Å². The number of anilines is 1. The van der Waals surface area contributed by atoms with Gasteiger partial charge in [0.15, 0.2) is 6.61 Å². The number of benzene rings is 1. The molecule has 2 saturated carbocycles. The summed E-state index contributed by atoms with van der Waals surface area (Å²) in [7, 11) is 0. The first kappa shape index (κ1) is 16.7. The molecule has 2 aliphatic carbocycles. The van der Waals surface area contributed by atoms with E-state index < -0.39 is 30.3 Å². The number of carbonyl (C=O) groups excluding carboxylic acids is 3. The van der Waals surface area contributed by atoms with Gasteiger partial charge in [-0.2, -0.15) is 0 Å². The van der Waals surface area contributed by atoms with Crippen LogP contribution in [-0.4, -0.2) is 30.6 Å². The quantitative estimate of drug-likeness (QED) is 0.808. The molecule has 25 heavy (non-hydrogen) atoms. The highest BCUT2D eigenvalue weighted by molar-refractivity contribution is 6.42. The van der Waals surface area contributed by atoms with Gasteiger partial charge in [-0.05, 0) is 37.0 Å². The van der Waals surface area contributed by atoms with E-state index in [1.54, 1.807) is 12.1 Å². The fraction of sp³-hybridized carbons (Fsp3) is 0.471. The second kappa shape index (κ2) is 6.18. The molecule has 132 valence electrons. The van der Waals surface area contributed by atoms with E-state index in [1.165, 1.54) is 6.07 Å². The predicted molar refractivity (Wildman–Crippen MR) is 89.1 cm³/mol. The Morgan fingerprint density at radius 3 is 2.80 bits per heavy atom. The molecule has 0 aromatic heterocycles. The van der Waals surface area contributed by atoms with E-state index in [9.17, 15) is 14.4 Å². The van der Waals surface area contributed by atoms with E-state index in [-0.39, 0.29) is 23.9 Å². The minimum Gasteiger partial charge on any atom is -0.462 e. The largest absolute Gasteiger partial charge is 0.462 e. The predicted octanol–water partition coefficient (Wildman–Crippen LogP) is 2.67. The number of nitrogens with one attached hydrogen (secondary N) is 1. The van der Waals surface area contributed by atoms with Gasteiger partial charge in [0.05, 0.1) is 21.9 Å². The van der Waals surface area contributed by atoms with Crippen molar-refractivity contribution in [1.82, 2.24) is 0 Å². The van der Waals surface area contributed by atoms with Gasteiger partial charge in [-0.1, -0.05) is 23.2 Å². The Balaban J connectivity index is 1.34. The van der Waals surface area contributed by atoms with E-state index in [0.717, 1.165) is 6.42 Å². The zero-order valence-electron chi connectivity index (χ0n) is 13.0. The Kier molecular flexibility index (Phi) is 4.12. The van der Waals surface area contributed by atoms with Gasteiger partial charge < -0.3 is 14.8 Å². The van der Waals surface area contributed by atoms with Crippen molar-refractivity contribution in [3.05, 3.63) is 28.2 Å². The van der Waals surface area contributed by atoms with Crippen molar-refractivity contribution in [2.24, 2.45) is 23.7 Å². The molecule has 2 bridgehead atoms. The van der Waals surface area contributed by atoms with E-state index in [1.807, 2.05) is 0 Å². The van der Waals surface area contributed by atoms with Crippen molar-refractivity contribution in [3.63, 3.8) is 0 Å².